The SMILES string of the molecule is Cc1n[nH]c(C)c1CNc1cc(CC(=O)O)nc2ccccc12. The van der Waals surface area contributed by atoms with Crippen LogP contribution in [-0.4, -0.2) is 26.3 Å². The van der Waals surface area contributed by atoms with Gasteiger partial charge in [-0.05, 0) is 26.0 Å². The molecule has 118 valence electrons. The first-order valence-corrected chi connectivity index (χ1v) is 7.39. The number of H-pyrrole nitrogens is 1. The molecule has 0 aliphatic rings. The molecule has 3 N–H and O–H groups in total. The molecule has 2 heterocycles. The molecule has 0 aliphatic heterocycles. The molecule has 0 saturated heterocycles. The van der Waals surface area contributed by atoms with Crippen LogP contribution in [0.2, 0.25) is 0 Å². The lowest BCUT2D eigenvalue weighted by atomic mass is 10.1. The van der Waals surface area contributed by atoms with Gasteiger partial charge >= 0.3 is 5.97 Å². The highest BCUT2D eigenvalue weighted by Crippen LogP contribution is 2.24. The maximum atomic E-state index is 11.0. The number of aryl methyl sites for hydroxylation is 2. The summed E-state index contributed by atoms with van der Waals surface area (Å²) in [5, 5.41) is 20.5. The lowest BCUT2D eigenvalue weighted by molar-refractivity contribution is -0.136. The number of carboxylic acid groups (broad SMARTS) is 1. The topological polar surface area (TPSA) is 90.9 Å². The lowest BCUT2D eigenvalue weighted by Gasteiger charge is -2.11. The Balaban J connectivity index is 1.96. The molecule has 0 spiro atoms. The molecule has 0 unspecified atom stereocenters. The van der Waals surface area contributed by atoms with Crippen LogP contribution in [0.4, 0.5) is 5.69 Å². The lowest BCUT2D eigenvalue weighted by Crippen LogP contribution is -2.06. The van der Waals surface area contributed by atoms with Gasteiger partial charge in [0.25, 0.3) is 0 Å². The van der Waals surface area contributed by atoms with Gasteiger partial charge in [0.2, 0.25) is 0 Å². The Labute approximate surface area is 133 Å². The number of benzene rings is 1. The number of para-hydroxylation sites is 1. The van der Waals surface area contributed by atoms with Gasteiger partial charge in [0.05, 0.1) is 23.3 Å². The Kier molecular flexibility index (Phi) is 3.97. The zero-order valence-corrected chi connectivity index (χ0v) is 13.1. The van der Waals surface area contributed by atoms with Gasteiger partial charge in [-0.15, -0.1) is 0 Å². The third-order valence-corrected chi connectivity index (χ3v) is 3.84. The number of nitrogens with zero attached hydrogens (tertiary/aromatic N) is 2. The van der Waals surface area contributed by atoms with Crippen molar-refractivity contribution in [2.75, 3.05) is 5.32 Å². The second kappa shape index (κ2) is 6.08. The molecule has 0 saturated carbocycles. The number of fused-ring (bicyclic) bond motifs is 1. The third kappa shape index (κ3) is 3.15. The standard InChI is InChI=1S/C17H18N4O2/c1-10-14(11(2)21-20-10)9-18-16-7-12(8-17(22)23)19-15-6-4-3-5-13(15)16/h3-7H,8-9H2,1-2H3,(H,18,19)(H,20,21)(H,22,23). The van der Waals surface area contributed by atoms with Gasteiger partial charge < -0.3 is 10.4 Å². The zero-order chi connectivity index (χ0) is 16.4. The zero-order valence-electron chi connectivity index (χ0n) is 13.1. The van der Waals surface area contributed by atoms with Gasteiger partial charge in [0, 0.05) is 28.9 Å². The Bertz CT molecular complexity index is 851. The summed E-state index contributed by atoms with van der Waals surface area (Å²) >= 11 is 0. The van der Waals surface area contributed by atoms with E-state index in [1.54, 1.807) is 6.07 Å². The third-order valence-electron chi connectivity index (χ3n) is 3.84. The van der Waals surface area contributed by atoms with E-state index in [0.717, 1.165) is 33.5 Å². The second-order valence-electron chi connectivity index (χ2n) is 5.51. The minimum atomic E-state index is -0.889. The van der Waals surface area contributed by atoms with Crippen molar-refractivity contribution in [2.45, 2.75) is 26.8 Å². The molecule has 6 heteroatoms. The van der Waals surface area contributed by atoms with Crippen LogP contribution in [0.25, 0.3) is 10.9 Å². The van der Waals surface area contributed by atoms with Crippen LogP contribution in [0.5, 0.6) is 0 Å². The first-order chi connectivity index (χ1) is 11.0. The molecule has 0 fully saturated rings. The monoisotopic (exact) mass is 310 g/mol. The fourth-order valence-corrected chi connectivity index (χ4v) is 2.64. The van der Waals surface area contributed by atoms with E-state index < -0.39 is 5.97 Å². The van der Waals surface area contributed by atoms with E-state index in [1.807, 2.05) is 38.1 Å². The van der Waals surface area contributed by atoms with Crippen LogP contribution in [0.1, 0.15) is 22.6 Å². The van der Waals surface area contributed by atoms with Crippen LogP contribution >= 0.6 is 0 Å². The van der Waals surface area contributed by atoms with Gasteiger partial charge in [0.15, 0.2) is 0 Å². The van der Waals surface area contributed by atoms with E-state index >= 15 is 0 Å². The molecule has 3 rings (SSSR count). The number of rotatable bonds is 5. The van der Waals surface area contributed by atoms with E-state index in [2.05, 4.69) is 20.5 Å². The summed E-state index contributed by atoms with van der Waals surface area (Å²) < 4.78 is 0. The first kappa shape index (κ1) is 15.0. The number of carbonyl (C=O) groups is 1. The van der Waals surface area contributed by atoms with Crippen LogP contribution in [0.15, 0.2) is 30.3 Å². The second-order valence-corrected chi connectivity index (χ2v) is 5.51. The van der Waals surface area contributed by atoms with Crippen LogP contribution < -0.4 is 5.32 Å². The highest BCUT2D eigenvalue weighted by molar-refractivity contribution is 5.91. The van der Waals surface area contributed by atoms with E-state index in [9.17, 15) is 4.79 Å². The van der Waals surface area contributed by atoms with E-state index in [-0.39, 0.29) is 6.42 Å². The molecule has 3 aromatic rings. The number of anilines is 1. The number of carboxylic acids is 1. The number of hydrogen-bond donors (Lipinski definition) is 3. The Morgan fingerprint density at radius 3 is 2.78 bits per heavy atom. The fourth-order valence-electron chi connectivity index (χ4n) is 2.64. The van der Waals surface area contributed by atoms with E-state index in [1.165, 1.54) is 0 Å². The maximum Gasteiger partial charge on any atom is 0.309 e. The highest BCUT2D eigenvalue weighted by Gasteiger charge is 2.10. The minimum Gasteiger partial charge on any atom is -0.481 e. The molecule has 2 aromatic heterocycles. The number of aromatic amines is 1. The first-order valence-electron chi connectivity index (χ1n) is 7.39. The van der Waals surface area contributed by atoms with Crippen molar-refractivity contribution in [2.24, 2.45) is 0 Å². The summed E-state index contributed by atoms with van der Waals surface area (Å²) in [6.45, 7) is 4.56. The van der Waals surface area contributed by atoms with E-state index in [4.69, 9.17) is 5.11 Å². The number of pyridine rings is 1. The summed E-state index contributed by atoms with van der Waals surface area (Å²) in [5.74, 6) is -0.889. The van der Waals surface area contributed by atoms with Crippen molar-refractivity contribution in [3.05, 3.63) is 53.0 Å². The molecule has 0 aliphatic carbocycles. The molecular weight excluding hydrogens is 292 g/mol. The molecular formula is C17H18N4O2. The van der Waals surface area contributed by atoms with Gasteiger partial charge in [-0.2, -0.15) is 5.10 Å². The number of nitrogens with one attached hydrogen (secondary N) is 2. The predicted octanol–water partition coefficient (Wildman–Crippen LogP) is 2.81. The van der Waals surface area contributed by atoms with Gasteiger partial charge in [-0.25, -0.2) is 0 Å². The molecule has 6 nitrogen and oxygen atoms in total. The number of hydrogen-bond acceptors (Lipinski definition) is 4. The summed E-state index contributed by atoms with van der Waals surface area (Å²) in [4.78, 5) is 15.4. The van der Waals surface area contributed by atoms with Crippen molar-refractivity contribution in [1.82, 2.24) is 15.2 Å². The molecule has 23 heavy (non-hydrogen) atoms. The Morgan fingerprint density at radius 1 is 1.30 bits per heavy atom. The number of aromatic nitrogens is 3. The summed E-state index contributed by atoms with van der Waals surface area (Å²) in [6, 6.07) is 9.51. The van der Waals surface area contributed by atoms with Crippen LogP contribution in [-0.2, 0) is 17.8 Å². The largest absolute Gasteiger partial charge is 0.481 e. The van der Waals surface area contributed by atoms with E-state index in [0.29, 0.717) is 12.2 Å². The Morgan fingerprint density at radius 2 is 2.09 bits per heavy atom. The van der Waals surface area contributed by atoms with Crippen LogP contribution in [0.3, 0.4) is 0 Å². The maximum absolute atomic E-state index is 11.0. The van der Waals surface area contributed by atoms with Gasteiger partial charge in [-0.3, -0.25) is 14.9 Å². The highest BCUT2D eigenvalue weighted by atomic mass is 16.4. The quantitative estimate of drug-likeness (QED) is 0.674. The molecule has 1 aromatic carbocycles. The summed E-state index contributed by atoms with van der Waals surface area (Å²) in [7, 11) is 0. The molecule has 0 bridgehead atoms. The average Bonchev–Trinajstić information content (AvgIpc) is 2.83. The van der Waals surface area contributed by atoms with Crippen molar-refractivity contribution < 1.29 is 9.90 Å². The fraction of sp³-hybridized carbons (Fsp3) is 0.235. The Hall–Kier alpha value is -2.89. The smallest absolute Gasteiger partial charge is 0.309 e. The van der Waals surface area contributed by atoms with Gasteiger partial charge in [0.1, 0.15) is 0 Å². The van der Waals surface area contributed by atoms with Gasteiger partial charge in [-0.1, -0.05) is 18.2 Å². The van der Waals surface area contributed by atoms with Crippen molar-refractivity contribution >= 4 is 22.6 Å². The minimum absolute atomic E-state index is 0.0940. The molecule has 0 amide bonds. The summed E-state index contributed by atoms with van der Waals surface area (Å²) in [6.07, 6.45) is -0.0940. The van der Waals surface area contributed by atoms with Crippen molar-refractivity contribution in [1.29, 1.82) is 0 Å². The molecule has 0 radical (unpaired) electrons. The number of aliphatic carboxylic acids is 1. The van der Waals surface area contributed by atoms with Crippen LogP contribution in [0, 0.1) is 13.8 Å². The molecule has 0 atom stereocenters. The predicted molar refractivity (Wildman–Crippen MR) is 88.5 cm³/mol. The van der Waals surface area contributed by atoms with Crippen molar-refractivity contribution in [3.8, 4) is 0 Å². The average molecular weight is 310 g/mol. The summed E-state index contributed by atoms with van der Waals surface area (Å²) in [5.41, 5.74) is 5.31. The van der Waals surface area contributed by atoms with Crippen molar-refractivity contribution in [3.63, 3.8) is 0 Å². The normalized spacial score (nSPS) is 10.9.